The Hall–Kier alpha value is -5.78. The second-order valence-corrected chi connectivity index (χ2v) is 20.9. The minimum Gasteiger partial charge on any atom is -0.476 e. The van der Waals surface area contributed by atoms with E-state index in [2.05, 4.69) is 67.9 Å². The molecule has 4 aliphatic heterocycles. The Morgan fingerprint density at radius 1 is 0.970 bits per heavy atom. The summed E-state index contributed by atoms with van der Waals surface area (Å²) in [6, 6.07) is 20.5. The van der Waals surface area contributed by atoms with Crippen LogP contribution in [-0.2, 0) is 14.8 Å². The molecule has 10 rings (SSSR count). The Morgan fingerprint density at radius 3 is 2.56 bits per heavy atom. The number of H-pyrrole nitrogens is 1. The number of fused-ring (bicyclic) bond motifs is 2. The molecular formula is C49H59N9O7S. The van der Waals surface area contributed by atoms with E-state index in [0.29, 0.717) is 85.6 Å². The van der Waals surface area contributed by atoms with Gasteiger partial charge in [0, 0.05) is 74.8 Å². The minimum atomic E-state index is -4.61. The first-order valence-electron chi connectivity index (χ1n) is 23.6. The van der Waals surface area contributed by atoms with Crippen LogP contribution in [0, 0.1) is 21.4 Å². The standard InChI is InChI=1S/C49H59N9O7S/c1-32(2)38-7-3-4-8-39(38)41-9-5-18-56(41)36-28-49(29-36)15-20-55(21-16-49)35-10-11-40(42(26-35)57-19-6-22-65-48-44(57)25-34-12-17-50-45(34)53-48)47(59)54-66(62,63)37-27-43(58(60)61)46(52-31-37)51-30-33-13-23-64-24-14-33/h3-4,7-8,10-12,17,25-27,31-33,36,41H,5-6,9,13-16,18-24,28-30H2,1-2H3,(H,50,53)(H,51,52)(H,54,59)/t41-/m0/s1. The number of hydrogen-bond acceptors (Lipinski definition) is 13. The number of likely N-dealkylation sites (tertiary alicyclic amines) is 1. The number of nitrogens with one attached hydrogen (secondary N) is 3. The Labute approximate surface area is 385 Å². The monoisotopic (exact) mass is 917 g/mol. The van der Waals surface area contributed by atoms with E-state index in [0.717, 1.165) is 68.7 Å². The highest BCUT2D eigenvalue weighted by Gasteiger charge is 2.50. The molecule has 1 spiro atoms. The van der Waals surface area contributed by atoms with E-state index in [4.69, 9.17) is 14.5 Å². The fourth-order valence-electron chi connectivity index (χ4n) is 11.2. The topological polar surface area (TPSA) is 188 Å². The highest BCUT2D eigenvalue weighted by atomic mass is 32.2. The summed E-state index contributed by atoms with van der Waals surface area (Å²) < 4.78 is 41.6. The summed E-state index contributed by atoms with van der Waals surface area (Å²) in [5.74, 6) is 0.228. The predicted octanol–water partition coefficient (Wildman–Crippen LogP) is 8.45. The summed E-state index contributed by atoms with van der Waals surface area (Å²) in [6.07, 6.45) is 12.1. The molecule has 0 unspecified atom stereocenters. The number of benzene rings is 2. The smallest absolute Gasteiger partial charge is 0.312 e. The molecular weight excluding hydrogens is 859 g/mol. The maximum Gasteiger partial charge on any atom is 0.312 e. The molecule has 1 atom stereocenters. The third-order valence-electron chi connectivity index (χ3n) is 14.8. The van der Waals surface area contributed by atoms with Crippen molar-refractivity contribution >= 4 is 55.5 Å². The molecule has 1 amide bonds. The first kappa shape index (κ1) is 44.1. The number of rotatable bonds is 12. The fraction of sp³-hybridized carbons (Fsp3) is 0.490. The average Bonchev–Trinajstić information content (AvgIpc) is 3.95. The third kappa shape index (κ3) is 8.68. The molecule has 5 aromatic rings. The lowest BCUT2D eigenvalue weighted by Crippen LogP contribution is -2.55. The number of ether oxygens (including phenoxy) is 2. The average molecular weight is 918 g/mol. The van der Waals surface area contributed by atoms with Crippen molar-refractivity contribution in [2.45, 2.75) is 94.5 Å². The number of anilines is 4. The summed E-state index contributed by atoms with van der Waals surface area (Å²) in [5, 5.41) is 16.1. The lowest BCUT2D eigenvalue weighted by atomic mass is 9.59. The quantitative estimate of drug-likeness (QED) is 0.0800. The molecule has 2 aromatic carbocycles. The molecule has 3 saturated heterocycles. The Bertz CT molecular complexity index is 2720. The van der Waals surface area contributed by atoms with Gasteiger partial charge in [-0.3, -0.25) is 19.8 Å². The van der Waals surface area contributed by atoms with E-state index in [1.165, 1.54) is 36.8 Å². The minimum absolute atomic E-state index is 0.0360. The first-order chi connectivity index (χ1) is 31.9. The zero-order valence-electron chi connectivity index (χ0n) is 37.7. The summed E-state index contributed by atoms with van der Waals surface area (Å²) in [6.45, 7) is 10.0. The molecule has 5 aliphatic rings. The molecule has 7 heterocycles. The number of nitrogens with zero attached hydrogens (tertiary/aromatic N) is 6. The number of hydrogen-bond donors (Lipinski definition) is 3. The van der Waals surface area contributed by atoms with Gasteiger partial charge in [0.05, 0.1) is 29.0 Å². The summed E-state index contributed by atoms with van der Waals surface area (Å²) in [7, 11) is -4.61. The molecule has 1 saturated carbocycles. The van der Waals surface area contributed by atoms with E-state index < -0.39 is 31.4 Å². The predicted molar refractivity (Wildman–Crippen MR) is 253 cm³/mol. The van der Waals surface area contributed by atoms with Gasteiger partial charge in [0.25, 0.3) is 15.9 Å². The molecule has 4 fully saturated rings. The van der Waals surface area contributed by atoms with Gasteiger partial charge in [-0.25, -0.2) is 18.1 Å². The number of carbonyl (C=O) groups is 1. The first-order valence-corrected chi connectivity index (χ1v) is 25.1. The van der Waals surface area contributed by atoms with Crippen molar-refractivity contribution in [2.75, 3.05) is 67.7 Å². The van der Waals surface area contributed by atoms with E-state index in [9.17, 15) is 23.3 Å². The highest BCUT2D eigenvalue weighted by molar-refractivity contribution is 7.90. The molecule has 66 heavy (non-hydrogen) atoms. The van der Waals surface area contributed by atoms with Crippen LogP contribution in [0.3, 0.4) is 0 Å². The molecule has 3 aromatic heterocycles. The number of aromatic amines is 1. The van der Waals surface area contributed by atoms with Crippen molar-refractivity contribution in [1.29, 1.82) is 0 Å². The Kier molecular flexibility index (Phi) is 12.1. The maximum absolute atomic E-state index is 14.4. The van der Waals surface area contributed by atoms with Crippen LogP contribution in [0.15, 0.2) is 78.0 Å². The van der Waals surface area contributed by atoms with Crippen molar-refractivity contribution in [2.24, 2.45) is 11.3 Å². The van der Waals surface area contributed by atoms with Crippen LogP contribution >= 0.6 is 0 Å². The molecule has 348 valence electrons. The maximum atomic E-state index is 14.4. The zero-order valence-corrected chi connectivity index (χ0v) is 38.5. The lowest BCUT2D eigenvalue weighted by molar-refractivity contribution is -0.384. The normalized spacial score (nSPS) is 20.5. The number of aromatic nitrogens is 3. The Morgan fingerprint density at radius 2 is 1.77 bits per heavy atom. The summed E-state index contributed by atoms with van der Waals surface area (Å²) in [4.78, 5) is 44.6. The van der Waals surface area contributed by atoms with E-state index in [1.807, 2.05) is 35.4 Å². The van der Waals surface area contributed by atoms with Gasteiger partial charge in [-0.1, -0.05) is 38.1 Å². The number of piperidine rings is 1. The van der Waals surface area contributed by atoms with Gasteiger partial charge in [0.1, 0.15) is 16.2 Å². The molecule has 0 radical (unpaired) electrons. The van der Waals surface area contributed by atoms with Crippen LogP contribution in [0.1, 0.15) is 105 Å². The van der Waals surface area contributed by atoms with Gasteiger partial charge in [0.15, 0.2) is 0 Å². The molecule has 3 N–H and O–H groups in total. The summed E-state index contributed by atoms with van der Waals surface area (Å²) in [5.41, 5.74) is 5.67. The van der Waals surface area contributed by atoms with Gasteiger partial charge in [-0.05, 0) is 123 Å². The van der Waals surface area contributed by atoms with E-state index in [-0.39, 0.29) is 17.3 Å². The van der Waals surface area contributed by atoms with Gasteiger partial charge in [-0.15, -0.1) is 0 Å². The number of amides is 1. The Balaban J connectivity index is 0.895. The van der Waals surface area contributed by atoms with Gasteiger partial charge in [-0.2, -0.15) is 4.98 Å². The second-order valence-electron chi connectivity index (χ2n) is 19.2. The van der Waals surface area contributed by atoms with E-state index in [1.54, 1.807) is 6.07 Å². The van der Waals surface area contributed by atoms with Crippen LogP contribution in [0.25, 0.3) is 11.0 Å². The van der Waals surface area contributed by atoms with Crippen LogP contribution < -0.4 is 24.6 Å². The number of pyridine rings is 2. The molecule has 17 heteroatoms. The van der Waals surface area contributed by atoms with Crippen LogP contribution in [0.4, 0.5) is 28.6 Å². The zero-order chi connectivity index (χ0) is 45.6. The fourth-order valence-corrected chi connectivity index (χ4v) is 12.1. The van der Waals surface area contributed by atoms with Crippen molar-refractivity contribution in [3.05, 3.63) is 99.9 Å². The van der Waals surface area contributed by atoms with Crippen molar-refractivity contribution in [3.8, 4) is 5.88 Å². The summed E-state index contributed by atoms with van der Waals surface area (Å²) >= 11 is 0. The van der Waals surface area contributed by atoms with Crippen molar-refractivity contribution in [1.82, 2.24) is 24.6 Å². The van der Waals surface area contributed by atoms with Crippen molar-refractivity contribution < 1.29 is 27.6 Å². The molecule has 16 nitrogen and oxygen atoms in total. The van der Waals surface area contributed by atoms with Gasteiger partial charge in [0.2, 0.25) is 11.7 Å². The van der Waals surface area contributed by atoms with Crippen LogP contribution in [-0.4, -0.2) is 97.7 Å². The largest absolute Gasteiger partial charge is 0.476 e. The highest BCUT2D eigenvalue weighted by Crippen LogP contribution is 2.54. The molecule has 1 aliphatic carbocycles. The van der Waals surface area contributed by atoms with Gasteiger partial charge >= 0.3 is 5.69 Å². The number of carbonyl (C=O) groups excluding carboxylic acids is 1. The SMILES string of the molecule is CC(C)c1ccccc1[C@@H]1CCCN1C1CC2(CCN(c3ccc(C(=O)NS(=O)(=O)c4cnc(NCC5CCOCC5)c([N+](=O)[O-])c4)c(N4CCCOc5nc6[nH]ccc6cc54)c3)CC2)C1. The lowest BCUT2D eigenvalue weighted by Gasteiger charge is -2.56. The van der Waals surface area contributed by atoms with E-state index >= 15 is 0 Å². The number of nitro groups is 1. The third-order valence-corrected chi connectivity index (χ3v) is 16.1. The van der Waals surface area contributed by atoms with Crippen LogP contribution in [0.5, 0.6) is 5.88 Å². The van der Waals surface area contributed by atoms with Crippen LogP contribution in [0.2, 0.25) is 0 Å². The second kappa shape index (κ2) is 18.1. The number of sulfonamides is 1. The molecule has 0 bridgehead atoms. The van der Waals surface area contributed by atoms with Crippen molar-refractivity contribution in [3.63, 3.8) is 0 Å². The van der Waals surface area contributed by atoms with Gasteiger partial charge < -0.3 is 29.6 Å².